The van der Waals surface area contributed by atoms with E-state index in [0.29, 0.717) is 13.0 Å². The van der Waals surface area contributed by atoms with Gasteiger partial charge in [0.15, 0.2) is 6.10 Å². The molecule has 1 aliphatic rings. The van der Waals surface area contributed by atoms with Gasteiger partial charge in [-0.15, -0.1) is 0 Å². The third-order valence-corrected chi connectivity index (χ3v) is 4.62. The number of aliphatic hydroxyl groups excluding tert-OH is 1. The summed E-state index contributed by atoms with van der Waals surface area (Å²) >= 11 is 5.90. The van der Waals surface area contributed by atoms with E-state index < -0.39 is 36.0 Å². The summed E-state index contributed by atoms with van der Waals surface area (Å²) in [6.45, 7) is 0.473. The largest absolute Gasteiger partial charge is 0.465 e. The second-order valence-corrected chi connectivity index (χ2v) is 6.71. The Bertz CT molecular complexity index is 787. The van der Waals surface area contributed by atoms with Gasteiger partial charge in [-0.3, -0.25) is 19.7 Å². The van der Waals surface area contributed by atoms with Crippen LogP contribution in [0, 0.1) is 5.92 Å². The summed E-state index contributed by atoms with van der Waals surface area (Å²) in [6, 6.07) is 2.91. The van der Waals surface area contributed by atoms with E-state index in [4.69, 9.17) is 16.7 Å². The van der Waals surface area contributed by atoms with Crippen molar-refractivity contribution in [1.82, 2.24) is 16.0 Å². The summed E-state index contributed by atoms with van der Waals surface area (Å²) < 4.78 is 0. The first-order valence-electron chi connectivity index (χ1n) is 8.50. The first kappa shape index (κ1) is 21.5. The molecule has 1 aromatic rings. The normalized spacial score (nSPS) is 18.0. The number of hydrogen-bond acceptors (Lipinski definition) is 5. The molecule has 152 valence electrons. The fraction of sp³-hybridized carbons (Fsp3) is 0.412. The molecule has 2 rings (SSSR count). The summed E-state index contributed by atoms with van der Waals surface area (Å²) in [6.07, 6.45) is -2.43. The second kappa shape index (κ2) is 9.38. The van der Waals surface area contributed by atoms with Gasteiger partial charge in [0.25, 0.3) is 11.8 Å². The Hall–Kier alpha value is -2.85. The van der Waals surface area contributed by atoms with Crippen LogP contribution < -0.4 is 21.3 Å². The average molecular weight is 413 g/mol. The number of likely N-dealkylation sites (N-methyl/N-ethyl adjacent to an activating group) is 1. The standard InChI is InChI=1S/C17H21ClN4O6/c1-19-16(26)13(23)12(6-8-4-5-20-14(8)24)21-15(25)10-7-9(18)2-3-11(10)22-17(27)28/h2-3,7-8,12-13,22-23H,4-6H2,1H3,(H,19,26)(H,20,24)(H,21,25)(H,27,28)/t8-,12-,13?/m0/s1. The molecule has 28 heavy (non-hydrogen) atoms. The fourth-order valence-electron chi connectivity index (χ4n) is 2.95. The van der Waals surface area contributed by atoms with Crippen molar-refractivity contribution >= 4 is 41.1 Å². The monoisotopic (exact) mass is 412 g/mol. The molecule has 1 aromatic carbocycles. The van der Waals surface area contributed by atoms with Crippen LogP contribution in [-0.4, -0.2) is 59.8 Å². The van der Waals surface area contributed by atoms with Gasteiger partial charge in [-0.1, -0.05) is 11.6 Å². The lowest BCUT2D eigenvalue weighted by atomic mass is 9.94. The van der Waals surface area contributed by atoms with Gasteiger partial charge < -0.3 is 26.2 Å². The minimum absolute atomic E-state index is 0.0128. The Balaban J connectivity index is 2.26. The molecule has 0 radical (unpaired) electrons. The minimum atomic E-state index is -1.60. The smallest absolute Gasteiger partial charge is 0.409 e. The van der Waals surface area contributed by atoms with Gasteiger partial charge in [-0.2, -0.15) is 0 Å². The molecule has 1 aliphatic heterocycles. The number of carbonyl (C=O) groups is 4. The molecule has 3 atom stereocenters. The third kappa shape index (κ3) is 5.33. The summed E-state index contributed by atoms with van der Waals surface area (Å²) in [5.74, 6) is -2.17. The number of carbonyl (C=O) groups excluding carboxylic acids is 3. The number of aliphatic hydroxyl groups is 1. The maximum atomic E-state index is 12.7. The fourth-order valence-corrected chi connectivity index (χ4v) is 3.12. The van der Waals surface area contributed by atoms with Gasteiger partial charge in [0.1, 0.15) is 0 Å². The van der Waals surface area contributed by atoms with Crippen LogP contribution in [0.1, 0.15) is 23.2 Å². The van der Waals surface area contributed by atoms with Crippen LogP contribution in [-0.2, 0) is 9.59 Å². The van der Waals surface area contributed by atoms with Crippen LogP contribution >= 0.6 is 11.6 Å². The van der Waals surface area contributed by atoms with Crippen molar-refractivity contribution in [2.24, 2.45) is 5.92 Å². The highest BCUT2D eigenvalue weighted by molar-refractivity contribution is 6.31. The quantitative estimate of drug-likeness (QED) is 0.374. The van der Waals surface area contributed by atoms with Gasteiger partial charge in [0.05, 0.1) is 17.3 Å². The van der Waals surface area contributed by atoms with E-state index >= 15 is 0 Å². The molecule has 1 heterocycles. The summed E-state index contributed by atoms with van der Waals surface area (Å²) in [4.78, 5) is 47.4. The Labute approximate surface area is 165 Å². The number of rotatable bonds is 7. The lowest BCUT2D eigenvalue weighted by Gasteiger charge is -2.25. The molecule has 0 aliphatic carbocycles. The van der Waals surface area contributed by atoms with Crippen molar-refractivity contribution in [3.8, 4) is 0 Å². The Morgan fingerprint density at radius 3 is 2.64 bits per heavy atom. The maximum absolute atomic E-state index is 12.7. The Kier molecular flexibility index (Phi) is 7.18. The molecule has 1 unspecified atom stereocenters. The molecule has 10 nitrogen and oxygen atoms in total. The van der Waals surface area contributed by atoms with E-state index in [-0.39, 0.29) is 28.6 Å². The third-order valence-electron chi connectivity index (χ3n) is 4.38. The second-order valence-electron chi connectivity index (χ2n) is 6.27. The van der Waals surface area contributed by atoms with Gasteiger partial charge in [-0.25, -0.2) is 4.79 Å². The van der Waals surface area contributed by atoms with Gasteiger partial charge in [-0.05, 0) is 31.0 Å². The first-order chi connectivity index (χ1) is 13.2. The number of nitrogens with one attached hydrogen (secondary N) is 4. The molecule has 0 saturated carbocycles. The van der Waals surface area contributed by atoms with Crippen molar-refractivity contribution < 1.29 is 29.4 Å². The molecule has 1 fully saturated rings. The highest BCUT2D eigenvalue weighted by Gasteiger charge is 2.34. The number of anilines is 1. The van der Waals surface area contributed by atoms with Gasteiger partial charge in [0, 0.05) is 24.5 Å². The van der Waals surface area contributed by atoms with Crippen molar-refractivity contribution in [1.29, 1.82) is 0 Å². The summed E-state index contributed by atoms with van der Waals surface area (Å²) in [7, 11) is 1.33. The van der Waals surface area contributed by atoms with Crippen LogP contribution in [0.2, 0.25) is 5.02 Å². The van der Waals surface area contributed by atoms with Crippen molar-refractivity contribution in [2.45, 2.75) is 25.0 Å². The zero-order valence-corrected chi connectivity index (χ0v) is 15.7. The van der Waals surface area contributed by atoms with Crippen LogP contribution in [0.5, 0.6) is 0 Å². The lowest BCUT2D eigenvalue weighted by molar-refractivity contribution is -0.131. The number of amides is 4. The summed E-state index contributed by atoms with van der Waals surface area (Å²) in [5, 5.41) is 29.0. The minimum Gasteiger partial charge on any atom is -0.465 e. The number of hydrogen-bond donors (Lipinski definition) is 6. The Morgan fingerprint density at radius 2 is 2.07 bits per heavy atom. The first-order valence-corrected chi connectivity index (χ1v) is 8.88. The number of benzene rings is 1. The highest BCUT2D eigenvalue weighted by atomic mass is 35.5. The van der Waals surface area contributed by atoms with Crippen LogP contribution in [0.25, 0.3) is 0 Å². The molecule has 0 spiro atoms. The number of carboxylic acid groups (broad SMARTS) is 1. The average Bonchev–Trinajstić information content (AvgIpc) is 3.05. The van der Waals surface area contributed by atoms with Gasteiger partial charge >= 0.3 is 6.09 Å². The Morgan fingerprint density at radius 1 is 1.36 bits per heavy atom. The maximum Gasteiger partial charge on any atom is 0.409 e. The predicted molar refractivity (Wildman–Crippen MR) is 100 cm³/mol. The molecular weight excluding hydrogens is 392 g/mol. The van der Waals surface area contributed by atoms with E-state index in [0.717, 1.165) is 0 Å². The molecule has 1 saturated heterocycles. The summed E-state index contributed by atoms with van der Waals surface area (Å²) in [5.41, 5.74) is -0.0962. The molecule has 4 amide bonds. The van der Waals surface area contributed by atoms with Crippen LogP contribution in [0.3, 0.4) is 0 Å². The van der Waals surface area contributed by atoms with E-state index in [2.05, 4.69) is 21.3 Å². The van der Waals surface area contributed by atoms with Gasteiger partial charge in [0.2, 0.25) is 5.91 Å². The topological polar surface area (TPSA) is 157 Å². The lowest BCUT2D eigenvalue weighted by Crippen LogP contribution is -2.51. The molecule has 0 aromatic heterocycles. The van der Waals surface area contributed by atoms with E-state index in [1.165, 1.54) is 25.2 Å². The molecular formula is C17H21ClN4O6. The number of halogens is 1. The van der Waals surface area contributed by atoms with E-state index in [9.17, 15) is 24.3 Å². The SMILES string of the molecule is CNC(=O)C(O)[C@H](C[C@@H]1CCNC1=O)NC(=O)c1cc(Cl)ccc1NC(=O)O. The van der Waals surface area contributed by atoms with E-state index in [1.54, 1.807) is 0 Å². The van der Waals surface area contributed by atoms with Crippen LogP contribution in [0.15, 0.2) is 18.2 Å². The molecule has 0 bridgehead atoms. The zero-order valence-electron chi connectivity index (χ0n) is 15.0. The van der Waals surface area contributed by atoms with Crippen molar-refractivity contribution in [2.75, 3.05) is 18.9 Å². The zero-order chi connectivity index (χ0) is 20.8. The van der Waals surface area contributed by atoms with Crippen LogP contribution in [0.4, 0.5) is 10.5 Å². The molecule has 11 heteroatoms. The molecule has 6 N–H and O–H groups in total. The van der Waals surface area contributed by atoms with Crippen molar-refractivity contribution in [3.63, 3.8) is 0 Å². The van der Waals surface area contributed by atoms with E-state index in [1.807, 2.05) is 0 Å². The predicted octanol–water partition coefficient (Wildman–Crippen LogP) is 0.161. The highest BCUT2D eigenvalue weighted by Crippen LogP contribution is 2.23. The van der Waals surface area contributed by atoms with Crippen molar-refractivity contribution in [3.05, 3.63) is 28.8 Å².